The van der Waals surface area contributed by atoms with Crippen LogP contribution < -0.4 is 0 Å². The van der Waals surface area contributed by atoms with Crippen molar-refractivity contribution in [2.75, 3.05) is 6.61 Å². The van der Waals surface area contributed by atoms with Crippen molar-refractivity contribution in [3.63, 3.8) is 0 Å². The standard InChI is InChI=1S/C10H12F6O4/c1-5(3-4-19-7(17)9(11,12)13)6(2)20-8(18)10(14,15)16/h5-6H,3-4H2,1-2H3/t5-,6?/m1/s1. The largest absolute Gasteiger partial charge is 0.490 e. The van der Waals surface area contributed by atoms with Gasteiger partial charge in [-0.05, 0) is 19.3 Å². The second-order valence-corrected chi connectivity index (χ2v) is 4.01. The summed E-state index contributed by atoms with van der Waals surface area (Å²) in [5.41, 5.74) is 0. The van der Waals surface area contributed by atoms with Crippen molar-refractivity contribution < 1.29 is 45.4 Å². The number of rotatable bonds is 5. The fourth-order valence-corrected chi connectivity index (χ4v) is 1.01. The maximum atomic E-state index is 11.9. The van der Waals surface area contributed by atoms with Crippen LogP contribution in [0.1, 0.15) is 20.3 Å². The highest BCUT2D eigenvalue weighted by Gasteiger charge is 2.42. The number of carbonyl (C=O) groups excluding carboxylic acids is 2. The summed E-state index contributed by atoms with van der Waals surface area (Å²) in [5.74, 6) is -5.49. The maximum Gasteiger partial charge on any atom is 0.490 e. The molecule has 0 N–H and O–H groups in total. The van der Waals surface area contributed by atoms with E-state index in [-0.39, 0.29) is 6.42 Å². The van der Waals surface area contributed by atoms with Crippen LogP contribution in [0.3, 0.4) is 0 Å². The Bertz CT molecular complexity index is 349. The average Bonchev–Trinajstić information content (AvgIpc) is 2.25. The molecule has 0 saturated heterocycles. The van der Waals surface area contributed by atoms with E-state index >= 15 is 0 Å². The summed E-state index contributed by atoms with van der Waals surface area (Å²) in [6.07, 6.45) is -11.6. The topological polar surface area (TPSA) is 52.6 Å². The van der Waals surface area contributed by atoms with Crippen LogP contribution in [0.4, 0.5) is 26.3 Å². The first-order valence-corrected chi connectivity index (χ1v) is 5.37. The third-order valence-electron chi connectivity index (χ3n) is 2.36. The molecule has 0 rings (SSSR count). The third-order valence-corrected chi connectivity index (χ3v) is 2.36. The van der Waals surface area contributed by atoms with Gasteiger partial charge in [0, 0.05) is 0 Å². The third kappa shape index (κ3) is 6.62. The van der Waals surface area contributed by atoms with E-state index in [9.17, 15) is 35.9 Å². The van der Waals surface area contributed by atoms with Gasteiger partial charge in [-0.25, -0.2) is 9.59 Å². The Labute approximate surface area is 110 Å². The Kier molecular flexibility index (Phi) is 6.30. The molecular weight excluding hydrogens is 298 g/mol. The van der Waals surface area contributed by atoms with Gasteiger partial charge in [0.2, 0.25) is 0 Å². The molecule has 0 aliphatic heterocycles. The van der Waals surface area contributed by atoms with E-state index in [4.69, 9.17) is 0 Å². The minimum atomic E-state index is -5.14. The molecule has 20 heavy (non-hydrogen) atoms. The number of ether oxygens (including phenoxy) is 2. The van der Waals surface area contributed by atoms with Crippen LogP contribution in [0.5, 0.6) is 0 Å². The Morgan fingerprint density at radius 1 is 0.950 bits per heavy atom. The molecule has 4 nitrogen and oxygen atoms in total. The van der Waals surface area contributed by atoms with Crippen molar-refractivity contribution in [1.82, 2.24) is 0 Å². The van der Waals surface area contributed by atoms with Crippen molar-refractivity contribution in [3.05, 3.63) is 0 Å². The van der Waals surface area contributed by atoms with Crippen molar-refractivity contribution in [2.24, 2.45) is 5.92 Å². The molecular formula is C10H12F6O4. The van der Waals surface area contributed by atoms with Crippen LogP contribution in [0.15, 0.2) is 0 Å². The van der Waals surface area contributed by atoms with Gasteiger partial charge in [-0.3, -0.25) is 0 Å². The molecule has 10 heteroatoms. The zero-order chi connectivity index (χ0) is 16.1. The second-order valence-electron chi connectivity index (χ2n) is 4.01. The lowest BCUT2D eigenvalue weighted by atomic mass is 10.0. The monoisotopic (exact) mass is 310 g/mol. The fourth-order valence-electron chi connectivity index (χ4n) is 1.01. The van der Waals surface area contributed by atoms with Crippen molar-refractivity contribution >= 4 is 11.9 Å². The van der Waals surface area contributed by atoms with Gasteiger partial charge >= 0.3 is 24.3 Å². The molecule has 2 atom stereocenters. The summed E-state index contributed by atoms with van der Waals surface area (Å²) in [6.45, 7) is 1.85. The summed E-state index contributed by atoms with van der Waals surface area (Å²) < 4.78 is 78.9. The molecule has 0 bridgehead atoms. The summed E-state index contributed by atoms with van der Waals surface area (Å²) in [7, 11) is 0. The zero-order valence-electron chi connectivity index (χ0n) is 10.5. The Morgan fingerprint density at radius 3 is 1.80 bits per heavy atom. The molecule has 1 unspecified atom stereocenters. The van der Waals surface area contributed by atoms with E-state index in [2.05, 4.69) is 9.47 Å². The summed E-state index contributed by atoms with van der Waals surface area (Å²) in [4.78, 5) is 20.9. The zero-order valence-corrected chi connectivity index (χ0v) is 10.5. The predicted molar refractivity (Wildman–Crippen MR) is 52.4 cm³/mol. The molecule has 0 aliphatic rings. The summed E-state index contributed by atoms with van der Waals surface area (Å²) >= 11 is 0. The van der Waals surface area contributed by atoms with Gasteiger partial charge in [-0.1, -0.05) is 6.92 Å². The van der Waals surface area contributed by atoms with E-state index < -0.39 is 42.9 Å². The lowest BCUT2D eigenvalue weighted by Gasteiger charge is -2.20. The summed E-state index contributed by atoms with van der Waals surface area (Å²) in [5, 5.41) is 0. The number of esters is 2. The van der Waals surface area contributed by atoms with Gasteiger partial charge in [0.25, 0.3) is 0 Å². The van der Waals surface area contributed by atoms with E-state index in [1.807, 2.05) is 0 Å². The maximum absolute atomic E-state index is 11.9. The fraction of sp³-hybridized carbons (Fsp3) is 0.800. The van der Waals surface area contributed by atoms with E-state index in [1.54, 1.807) is 0 Å². The van der Waals surface area contributed by atoms with Crippen LogP contribution >= 0.6 is 0 Å². The van der Waals surface area contributed by atoms with Gasteiger partial charge in [0.05, 0.1) is 6.61 Å². The molecule has 0 heterocycles. The molecule has 0 aliphatic carbocycles. The number of hydrogen-bond donors (Lipinski definition) is 0. The van der Waals surface area contributed by atoms with E-state index in [0.29, 0.717) is 0 Å². The minimum absolute atomic E-state index is 0.186. The lowest BCUT2D eigenvalue weighted by Crippen LogP contribution is -2.32. The molecule has 0 saturated carbocycles. The number of alkyl halides is 6. The van der Waals surface area contributed by atoms with E-state index in [1.165, 1.54) is 6.92 Å². The van der Waals surface area contributed by atoms with Crippen LogP contribution in [0.25, 0.3) is 0 Å². The Hall–Kier alpha value is -1.48. The molecule has 0 fully saturated rings. The highest BCUT2D eigenvalue weighted by Crippen LogP contribution is 2.21. The quantitative estimate of drug-likeness (QED) is 0.578. The SMILES string of the molecule is CC(OC(=O)C(F)(F)F)[C@H](C)CCOC(=O)C(F)(F)F. The highest BCUT2D eigenvalue weighted by molar-refractivity contribution is 5.76. The van der Waals surface area contributed by atoms with Gasteiger partial charge in [0.15, 0.2) is 0 Å². The van der Waals surface area contributed by atoms with Gasteiger partial charge < -0.3 is 9.47 Å². The first kappa shape index (κ1) is 18.5. The van der Waals surface area contributed by atoms with Crippen molar-refractivity contribution in [1.29, 1.82) is 0 Å². The average molecular weight is 310 g/mol. The first-order chi connectivity index (χ1) is 8.85. The Balaban J connectivity index is 4.13. The highest BCUT2D eigenvalue weighted by atomic mass is 19.4. The second kappa shape index (κ2) is 6.80. The van der Waals surface area contributed by atoms with Crippen LogP contribution in [-0.4, -0.2) is 37.0 Å². The normalized spacial score (nSPS) is 15.4. The molecule has 0 radical (unpaired) electrons. The number of carbonyl (C=O) groups is 2. The van der Waals surface area contributed by atoms with Crippen LogP contribution in [0.2, 0.25) is 0 Å². The van der Waals surface area contributed by atoms with Crippen LogP contribution in [-0.2, 0) is 19.1 Å². The molecule has 0 aromatic rings. The minimum Gasteiger partial charge on any atom is -0.459 e. The molecule has 0 aromatic carbocycles. The number of halogens is 6. The van der Waals surface area contributed by atoms with Gasteiger partial charge in [0.1, 0.15) is 6.10 Å². The van der Waals surface area contributed by atoms with Gasteiger partial charge in [-0.2, -0.15) is 26.3 Å². The smallest absolute Gasteiger partial charge is 0.459 e. The van der Waals surface area contributed by atoms with Crippen molar-refractivity contribution in [3.8, 4) is 0 Å². The predicted octanol–water partition coefficient (Wildman–Crippen LogP) is 2.61. The molecule has 118 valence electrons. The first-order valence-electron chi connectivity index (χ1n) is 5.37. The lowest BCUT2D eigenvalue weighted by molar-refractivity contribution is -0.207. The van der Waals surface area contributed by atoms with E-state index in [0.717, 1.165) is 6.92 Å². The Morgan fingerprint density at radius 2 is 1.40 bits per heavy atom. The van der Waals surface area contributed by atoms with Crippen LogP contribution in [0, 0.1) is 5.92 Å². The molecule has 0 amide bonds. The number of hydrogen-bond acceptors (Lipinski definition) is 4. The molecule has 0 aromatic heterocycles. The van der Waals surface area contributed by atoms with Gasteiger partial charge in [-0.15, -0.1) is 0 Å². The molecule has 0 spiro atoms. The summed E-state index contributed by atoms with van der Waals surface area (Å²) in [6, 6.07) is 0. The van der Waals surface area contributed by atoms with Crippen molar-refractivity contribution in [2.45, 2.75) is 38.7 Å².